The molecule has 0 spiro atoms. The summed E-state index contributed by atoms with van der Waals surface area (Å²) in [5.74, 6) is 0.454. The lowest BCUT2D eigenvalue weighted by atomic mass is 10.0. The smallest absolute Gasteiger partial charge is 0.0730 e. The van der Waals surface area contributed by atoms with E-state index >= 15 is 0 Å². The summed E-state index contributed by atoms with van der Waals surface area (Å²) in [6.45, 7) is 9.61. The maximum Gasteiger partial charge on any atom is 0.0730 e. The second-order valence-corrected chi connectivity index (χ2v) is 7.25. The lowest BCUT2D eigenvalue weighted by Crippen LogP contribution is -2.26. The molecule has 0 aromatic carbocycles. The third kappa shape index (κ3) is 6.07. The summed E-state index contributed by atoms with van der Waals surface area (Å²) in [4.78, 5) is 11.5. The molecule has 25 heavy (non-hydrogen) atoms. The zero-order valence-corrected chi connectivity index (χ0v) is 16.3. The molecule has 2 rings (SSSR count). The fourth-order valence-corrected chi connectivity index (χ4v) is 3.18. The number of pyridine rings is 2. The highest BCUT2D eigenvalue weighted by Crippen LogP contribution is 2.21. The molecule has 0 aliphatic rings. The van der Waals surface area contributed by atoms with Crippen molar-refractivity contribution in [3.63, 3.8) is 0 Å². The molecular weight excluding hydrogens is 332 g/mol. The summed E-state index contributed by atoms with van der Waals surface area (Å²) >= 11 is 6.39. The van der Waals surface area contributed by atoms with Gasteiger partial charge in [-0.05, 0) is 62.0 Å². The fraction of sp³-hybridized carbons (Fsp3) is 0.500. The van der Waals surface area contributed by atoms with Crippen LogP contribution in [0.3, 0.4) is 0 Å². The van der Waals surface area contributed by atoms with Gasteiger partial charge in [0.1, 0.15) is 0 Å². The van der Waals surface area contributed by atoms with E-state index in [1.54, 1.807) is 0 Å². The van der Waals surface area contributed by atoms with E-state index in [0.717, 1.165) is 61.0 Å². The van der Waals surface area contributed by atoms with Crippen LogP contribution in [-0.4, -0.2) is 28.0 Å². The highest BCUT2D eigenvalue weighted by Gasteiger charge is 2.14. The molecule has 0 saturated carbocycles. The molecule has 0 aliphatic heterocycles. The Morgan fingerprint density at radius 1 is 1.16 bits per heavy atom. The Kier molecular flexibility index (Phi) is 7.82. The maximum absolute atomic E-state index is 6.39. The molecule has 0 radical (unpaired) electrons. The molecular formula is C20H29ClN4. The number of unbranched alkanes of at least 4 members (excludes halogenated alkanes) is 1. The molecule has 4 nitrogen and oxygen atoms in total. The van der Waals surface area contributed by atoms with Crippen LogP contribution in [0.2, 0.25) is 5.02 Å². The molecule has 2 aromatic rings. The quantitative estimate of drug-likeness (QED) is 0.677. The molecule has 0 bridgehead atoms. The number of hydrogen-bond donors (Lipinski definition) is 1. The molecule has 0 fully saturated rings. The van der Waals surface area contributed by atoms with Gasteiger partial charge in [-0.25, -0.2) is 0 Å². The van der Waals surface area contributed by atoms with Crippen LogP contribution in [0.15, 0.2) is 30.6 Å². The highest BCUT2D eigenvalue weighted by molar-refractivity contribution is 6.31. The van der Waals surface area contributed by atoms with Crippen molar-refractivity contribution in [1.29, 1.82) is 0 Å². The molecule has 136 valence electrons. The average Bonchev–Trinajstić information content (AvgIpc) is 2.57. The van der Waals surface area contributed by atoms with Gasteiger partial charge in [0.2, 0.25) is 0 Å². The van der Waals surface area contributed by atoms with Crippen molar-refractivity contribution in [2.75, 3.05) is 13.1 Å². The number of nitrogens with zero attached hydrogens (tertiary/aromatic N) is 3. The van der Waals surface area contributed by atoms with Gasteiger partial charge in [-0.2, -0.15) is 0 Å². The number of rotatable bonds is 9. The number of nitrogens with two attached hydrogens (primary N) is 1. The highest BCUT2D eigenvalue weighted by atomic mass is 35.5. The second kappa shape index (κ2) is 9.85. The largest absolute Gasteiger partial charge is 0.330 e. The molecule has 5 heteroatoms. The maximum atomic E-state index is 6.39. The summed E-state index contributed by atoms with van der Waals surface area (Å²) < 4.78 is 0. The van der Waals surface area contributed by atoms with E-state index < -0.39 is 0 Å². The molecule has 0 amide bonds. The van der Waals surface area contributed by atoms with Gasteiger partial charge in [-0.1, -0.05) is 31.5 Å². The van der Waals surface area contributed by atoms with Crippen molar-refractivity contribution >= 4 is 11.6 Å². The molecule has 0 aliphatic carbocycles. The Balaban J connectivity index is 2.18. The van der Waals surface area contributed by atoms with Gasteiger partial charge in [-0.3, -0.25) is 14.9 Å². The predicted octanol–water partition coefficient (Wildman–Crippen LogP) is 4.30. The van der Waals surface area contributed by atoms with E-state index in [1.807, 2.05) is 31.5 Å². The number of aryl methyl sites for hydroxylation is 1. The Labute approximate surface area is 156 Å². The lowest BCUT2D eigenvalue weighted by Gasteiger charge is -2.24. The molecule has 0 atom stereocenters. The van der Waals surface area contributed by atoms with Crippen LogP contribution in [-0.2, 0) is 13.1 Å². The summed E-state index contributed by atoms with van der Waals surface area (Å²) in [5, 5.41) is 0.730. The summed E-state index contributed by atoms with van der Waals surface area (Å²) in [7, 11) is 0. The Hall–Kier alpha value is -1.49. The normalized spacial score (nSPS) is 11.5. The second-order valence-electron chi connectivity index (χ2n) is 6.84. The van der Waals surface area contributed by atoms with Crippen molar-refractivity contribution in [1.82, 2.24) is 14.9 Å². The van der Waals surface area contributed by atoms with E-state index in [1.165, 1.54) is 5.56 Å². The minimum Gasteiger partial charge on any atom is -0.330 e. The zero-order valence-electron chi connectivity index (χ0n) is 15.5. The van der Waals surface area contributed by atoms with Crippen LogP contribution in [0.25, 0.3) is 0 Å². The number of halogens is 1. The standard InChI is InChI=1S/C20H29ClN4/c1-15(2)17-7-6-9-23-19(17)13-25(10-5-4-8-22)14-20-18(21)11-16(3)12-24-20/h6-7,9,11-12,15H,4-5,8,10,13-14,22H2,1-3H3. The molecule has 2 heterocycles. The SMILES string of the molecule is Cc1cnc(CN(CCCCN)Cc2ncccc2C(C)C)c(Cl)c1. The molecule has 2 aromatic heterocycles. The van der Waals surface area contributed by atoms with E-state index in [2.05, 4.69) is 34.8 Å². The fourth-order valence-electron chi connectivity index (χ4n) is 2.90. The number of hydrogen-bond acceptors (Lipinski definition) is 4. The zero-order chi connectivity index (χ0) is 18.2. The van der Waals surface area contributed by atoms with Crippen LogP contribution in [0.4, 0.5) is 0 Å². The minimum absolute atomic E-state index is 0.454. The average molecular weight is 361 g/mol. The van der Waals surface area contributed by atoms with E-state index in [-0.39, 0.29) is 0 Å². The van der Waals surface area contributed by atoms with Crippen molar-refractivity contribution < 1.29 is 0 Å². The minimum atomic E-state index is 0.454. The third-order valence-corrected chi connectivity index (χ3v) is 4.60. The number of aromatic nitrogens is 2. The Bertz CT molecular complexity index is 672. The van der Waals surface area contributed by atoms with Crippen LogP contribution in [0.1, 0.15) is 55.1 Å². The molecule has 0 saturated heterocycles. The monoisotopic (exact) mass is 360 g/mol. The first-order valence-corrected chi connectivity index (χ1v) is 9.36. The summed E-state index contributed by atoms with van der Waals surface area (Å²) in [6, 6.07) is 6.15. The van der Waals surface area contributed by atoms with Crippen LogP contribution >= 0.6 is 11.6 Å². The van der Waals surface area contributed by atoms with Crippen molar-refractivity contribution in [2.24, 2.45) is 5.73 Å². The first kappa shape index (κ1) is 19.8. The summed E-state index contributed by atoms with van der Waals surface area (Å²) in [5.41, 5.74) is 10.1. The van der Waals surface area contributed by atoms with Crippen LogP contribution < -0.4 is 5.73 Å². The van der Waals surface area contributed by atoms with Crippen molar-refractivity contribution in [3.05, 3.63) is 58.1 Å². The predicted molar refractivity (Wildman–Crippen MR) is 105 cm³/mol. The van der Waals surface area contributed by atoms with E-state index in [4.69, 9.17) is 17.3 Å². The Morgan fingerprint density at radius 3 is 2.60 bits per heavy atom. The Morgan fingerprint density at radius 2 is 1.92 bits per heavy atom. The summed E-state index contributed by atoms with van der Waals surface area (Å²) in [6.07, 6.45) is 5.82. The van der Waals surface area contributed by atoms with Gasteiger partial charge >= 0.3 is 0 Å². The van der Waals surface area contributed by atoms with Gasteiger partial charge in [0, 0.05) is 25.5 Å². The van der Waals surface area contributed by atoms with Gasteiger partial charge in [0.25, 0.3) is 0 Å². The lowest BCUT2D eigenvalue weighted by molar-refractivity contribution is 0.245. The van der Waals surface area contributed by atoms with Crippen molar-refractivity contribution in [3.8, 4) is 0 Å². The third-order valence-electron chi connectivity index (χ3n) is 4.28. The van der Waals surface area contributed by atoms with Gasteiger partial charge < -0.3 is 5.73 Å². The van der Waals surface area contributed by atoms with Crippen LogP contribution in [0, 0.1) is 6.92 Å². The molecule has 0 unspecified atom stereocenters. The first-order chi connectivity index (χ1) is 12.0. The first-order valence-electron chi connectivity index (χ1n) is 8.98. The van der Waals surface area contributed by atoms with Gasteiger partial charge in [-0.15, -0.1) is 0 Å². The van der Waals surface area contributed by atoms with Crippen LogP contribution in [0.5, 0.6) is 0 Å². The van der Waals surface area contributed by atoms with Gasteiger partial charge in [0.05, 0.1) is 16.4 Å². The topological polar surface area (TPSA) is 55.0 Å². The molecule has 2 N–H and O–H groups in total. The van der Waals surface area contributed by atoms with Gasteiger partial charge in [0.15, 0.2) is 0 Å². The van der Waals surface area contributed by atoms with Crippen molar-refractivity contribution in [2.45, 2.75) is 52.6 Å². The van der Waals surface area contributed by atoms with E-state index in [9.17, 15) is 0 Å². The van der Waals surface area contributed by atoms with E-state index in [0.29, 0.717) is 5.92 Å².